The Hall–Kier alpha value is -2.14. The number of phenols is 1. The molecular formula is C14H13N3OS. The summed E-state index contributed by atoms with van der Waals surface area (Å²) in [5.41, 5.74) is 2.92. The van der Waals surface area contributed by atoms with E-state index in [9.17, 15) is 5.11 Å². The van der Waals surface area contributed by atoms with Gasteiger partial charge in [-0.1, -0.05) is 6.07 Å². The first-order chi connectivity index (χ1) is 9.33. The van der Waals surface area contributed by atoms with Gasteiger partial charge in [-0.2, -0.15) is 0 Å². The minimum absolute atomic E-state index is 0.253. The molecule has 2 N–H and O–H groups in total. The second-order valence-electron chi connectivity index (χ2n) is 4.22. The van der Waals surface area contributed by atoms with E-state index in [-0.39, 0.29) is 5.75 Å². The highest BCUT2D eigenvalue weighted by molar-refractivity contribution is 7.07. The van der Waals surface area contributed by atoms with E-state index in [0.717, 1.165) is 35.2 Å². The number of nitrogens with one attached hydrogen (secondary N) is 1. The number of thiazole rings is 1. The van der Waals surface area contributed by atoms with Gasteiger partial charge in [-0.05, 0) is 23.6 Å². The Morgan fingerprint density at radius 2 is 2.16 bits per heavy atom. The van der Waals surface area contributed by atoms with Crippen LogP contribution in [0.5, 0.6) is 5.75 Å². The molecule has 0 saturated heterocycles. The summed E-state index contributed by atoms with van der Waals surface area (Å²) in [6, 6.07) is 7.23. The largest absolute Gasteiger partial charge is 0.508 e. The summed E-state index contributed by atoms with van der Waals surface area (Å²) in [7, 11) is 0. The van der Waals surface area contributed by atoms with Crippen molar-refractivity contribution in [3.63, 3.8) is 0 Å². The number of hydrogen-bond acceptors (Lipinski definition) is 5. The average Bonchev–Trinajstić information content (AvgIpc) is 2.92. The van der Waals surface area contributed by atoms with Crippen LogP contribution in [0, 0.1) is 0 Å². The highest BCUT2D eigenvalue weighted by Gasteiger charge is 2.03. The molecule has 19 heavy (non-hydrogen) atoms. The van der Waals surface area contributed by atoms with Crippen LogP contribution in [0.15, 0.2) is 41.4 Å². The van der Waals surface area contributed by atoms with Crippen molar-refractivity contribution in [1.82, 2.24) is 9.97 Å². The number of aromatic nitrogens is 2. The van der Waals surface area contributed by atoms with E-state index in [1.807, 2.05) is 23.0 Å². The number of benzene rings is 1. The van der Waals surface area contributed by atoms with Crippen molar-refractivity contribution in [2.45, 2.75) is 6.42 Å². The Labute approximate surface area is 114 Å². The van der Waals surface area contributed by atoms with Crippen molar-refractivity contribution < 1.29 is 5.11 Å². The zero-order valence-electron chi connectivity index (χ0n) is 10.2. The summed E-state index contributed by atoms with van der Waals surface area (Å²) in [6.07, 6.45) is 2.63. The van der Waals surface area contributed by atoms with Gasteiger partial charge in [0.05, 0.1) is 11.2 Å². The van der Waals surface area contributed by atoms with E-state index in [1.54, 1.807) is 29.7 Å². The normalized spacial score (nSPS) is 10.7. The summed E-state index contributed by atoms with van der Waals surface area (Å²) in [6.45, 7) is 0.769. The molecule has 0 amide bonds. The Morgan fingerprint density at radius 1 is 1.21 bits per heavy atom. The molecule has 96 valence electrons. The zero-order chi connectivity index (χ0) is 13.1. The monoisotopic (exact) mass is 271 g/mol. The molecule has 5 heteroatoms. The minimum atomic E-state index is 0.253. The maximum atomic E-state index is 9.57. The van der Waals surface area contributed by atoms with Crippen LogP contribution < -0.4 is 5.32 Å². The lowest BCUT2D eigenvalue weighted by Gasteiger charge is -2.08. The lowest BCUT2D eigenvalue weighted by molar-refractivity contribution is 0.476. The molecule has 3 aromatic rings. The topological polar surface area (TPSA) is 58.0 Å². The molecule has 0 unspecified atom stereocenters. The molecular weight excluding hydrogens is 258 g/mol. The molecule has 0 radical (unpaired) electrons. The highest BCUT2D eigenvalue weighted by Crippen LogP contribution is 2.24. The van der Waals surface area contributed by atoms with Gasteiger partial charge in [0.15, 0.2) is 0 Å². The molecule has 2 heterocycles. The number of hydrogen-bond donors (Lipinski definition) is 2. The molecule has 4 nitrogen and oxygen atoms in total. The third kappa shape index (κ3) is 2.66. The SMILES string of the molecule is Oc1ccc2ccnc(NCCc3cscn3)c2c1. The maximum absolute atomic E-state index is 9.57. The lowest BCUT2D eigenvalue weighted by atomic mass is 10.1. The number of phenolic OH excluding ortho intramolecular Hbond substituents is 1. The first kappa shape index (κ1) is 11.9. The van der Waals surface area contributed by atoms with Crippen molar-refractivity contribution in [3.8, 4) is 5.75 Å². The molecule has 2 aromatic heterocycles. The van der Waals surface area contributed by atoms with E-state index >= 15 is 0 Å². The number of anilines is 1. The van der Waals surface area contributed by atoms with Crippen LogP contribution in [0.1, 0.15) is 5.69 Å². The Balaban J connectivity index is 1.78. The molecule has 0 saturated carbocycles. The van der Waals surface area contributed by atoms with Gasteiger partial charge in [-0.25, -0.2) is 9.97 Å². The van der Waals surface area contributed by atoms with Crippen LogP contribution in [0.3, 0.4) is 0 Å². The average molecular weight is 271 g/mol. The number of fused-ring (bicyclic) bond motifs is 1. The van der Waals surface area contributed by atoms with E-state index in [0.29, 0.717) is 0 Å². The standard InChI is InChI=1S/C14H13N3OS/c18-12-2-1-10-3-5-15-14(13(10)7-12)16-6-4-11-8-19-9-17-11/h1-3,5,7-9,18H,4,6H2,(H,15,16). The van der Waals surface area contributed by atoms with Gasteiger partial charge in [0.1, 0.15) is 11.6 Å². The summed E-state index contributed by atoms with van der Waals surface area (Å²) in [5.74, 6) is 1.05. The number of rotatable bonds is 4. The van der Waals surface area contributed by atoms with Gasteiger partial charge < -0.3 is 10.4 Å². The van der Waals surface area contributed by atoms with Crippen LogP contribution in [0.2, 0.25) is 0 Å². The minimum Gasteiger partial charge on any atom is -0.508 e. The van der Waals surface area contributed by atoms with Crippen LogP contribution in [-0.2, 0) is 6.42 Å². The van der Waals surface area contributed by atoms with Gasteiger partial charge >= 0.3 is 0 Å². The van der Waals surface area contributed by atoms with Crippen molar-refractivity contribution in [2.24, 2.45) is 0 Å². The number of pyridine rings is 1. The van der Waals surface area contributed by atoms with Crippen LogP contribution in [-0.4, -0.2) is 21.6 Å². The summed E-state index contributed by atoms with van der Waals surface area (Å²) < 4.78 is 0. The van der Waals surface area contributed by atoms with Crippen LogP contribution in [0.25, 0.3) is 10.8 Å². The Bertz CT molecular complexity index is 682. The Kier molecular flexibility index (Phi) is 3.29. The first-order valence-electron chi connectivity index (χ1n) is 6.01. The fourth-order valence-corrected chi connectivity index (χ4v) is 2.56. The summed E-state index contributed by atoms with van der Waals surface area (Å²) >= 11 is 1.60. The fraction of sp³-hybridized carbons (Fsp3) is 0.143. The van der Waals surface area contributed by atoms with Crippen molar-refractivity contribution in [1.29, 1.82) is 0 Å². The maximum Gasteiger partial charge on any atom is 0.133 e. The first-order valence-corrected chi connectivity index (χ1v) is 6.96. The predicted octanol–water partition coefficient (Wildman–Crippen LogP) is 3.05. The summed E-state index contributed by atoms with van der Waals surface area (Å²) in [4.78, 5) is 8.57. The van der Waals surface area contributed by atoms with Crippen molar-refractivity contribution in [3.05, 3.63) is 47.0 Å². The van der Waals surface area contributed by atoms with E-state index < -0.39 is 0 Å². The third-order valence-corrected chi connectivity index (χ3v) is 3.54. The molecule has 0 spiro atoms. The molecule has 1 aromatic carbocycles. The molecule has 0 bridgehead atoms. The van der Waals surface area contributed by atoms with Crippen molar-refractivity contribution >= 4 is 27.9 Å². The second-order valence-corrected chi connectivity index (χ2v) is 4.94. The molecule has 0 aliphatic rings. The predicted molar refractivity (Wildman–Crippen MR) is 77.7 cm³/mol. The van der Waals surface area contributed by atoms with Gasteiger partial charge in [0.25, 0.3) is 0 Å². The fourth-order valence-electron chi connectivity index (χ4n) is 1.97. The van der Waals surface area contributed by atoms with Crippen LogP contribution >= 0.6 is 11.3 Å². The smallest absolute Gasteiger partial charge is 0.133 e. The molecule has 0 fully saturated rings. The van der Waals surface area contributed by atoms with Gasteiger partial charge in [0.2, 0.25) is 0 Å². The highest BCUT2D eigenvalue weighted by atomic mass is 32.1. The number of nitrogens with zero attached hydrogens (tertiary/aromatic N) is 2. The third-order valence-electron chi connectivity index (χ3n) is 2.91. The second kappa shape index (κ2) is 5.24. The Morgan fingerprint density at radius 3 is 3.00 bits per heavy atom. The van der Waals surface area contributed by atoms with E-state index in [2.05, 4.69) is 15.3 Å². The molecule has 3 rings (SSSR count). The van der Waals surface area contributed by atoms with Crippen LogP contribution in [0.4, 0.5) is 5.82 Å². The lowest BCUT2D eigenvalue weighted by Crippen LogP contribution is -2.06. The van der Waals surface area contributed by atoms with Gasteiger partial charge in [0, 0.05) is 29.9 Å². The molecule has 0 atom stereocenters. The molecule has 0 aliphatic heterocycles. The summed E-state index contributed by atoms with van der Waals surface area (Å²) in [5, 5.41) is 16.9. The molecule has 0 aliphatic carbocycles. The number of aromatic hydroxyl groups is 1. The van der Waals surface area contributed by atoms with Gasteiger partial charge in [-0.3, -0.25) is 0 Å². The van der Waals surface area contributed by atoms with E-state index in [1.165, 1.54) is 0 Å². The van der Waals surface area contributed by atoms with E-state index in [4.69, 9.17) is 0 Å². The zero-order valence-corrected chi connectivity index (χ0v) is 11.0. The van der Waals surface area contributed by atoms with Gasteiger partial charge in [-0.15, -0.1) is 11.3 Å². The quantitative estimate of drug-likeness (QED) is 0.765. The van der Waals surface area contributed by atoms with Crippen molar-refractivity contribution in [2.75, 3.05) is 11.9 Å².